The van der Waals surface area contributed by atoms with Crippen molar-refractivity contribution < 1.29 is 9.90 Å². The summed E-state index contributed by atoms with van der Waals surface area (Å²) in [5.74, 6) is -0.316. The zero-order chi connectivity index (χ0) is 17.5. The van der Waals surface area contributed by atoms with E-state index in [1.54, 1.807) is 4.57 Å². The molecule has 0 bridgehead atoms. The van der Waals surface area contributed by atoms with Crippen LogP contribution < -0.4 is 5.56 Å². The molecular formula is C18H26N2O3S. The van der Waals surface area contributed by atoms with E-state index in [2.05, 4.69) is 11.9 Å². The number of aromatic nitrogens is 2. The summed E-state index contributed by atoms with van der Waals surface area (Å²) in [5, 5.41) is 11.0. The van der Waals surface area contributed by atoms with Crippen molar-refractivity contribution in [1.82, 2.24) is 9.55 Å². The van der Waals surface area contributed by atoms with Crippen molar-refractivity contribution in [1.29, 1.82) is 0 Å². The molecule has 0 aliphatic rings. The van der Waals surface area contributed by atoms with E-state index < -0.39 is 5.97 Å². The molecule has 24 heavy (non-hydrogen) atoms. The Morgan fingerprint density at radius 3 is 2.46 bits per heavy atom. The van der Waals surface area contributed by atoms with Crippen LogP contribution in [0.1, 0.15) is 75.0 Å². The molecule has 0 aromatic carbocycles. The number of nitrogens with zero attached hydrogens (tertiary/aromatic N) is 2. The van der Waals surface area contributed by atoms with Gasteiger partial charge in [-0.15, -0.1) is 11.3 Å². The first kappa shape index (κ1) is 18.6. The van der Waals surface area contributed by atoms with E-state index in [9.17, 15) is 14.7 Å². The third-order valence-corrected chi connectivity index (χ3v) is 5.18. The van der Waals surface area contributed by atoms with Crippen LogP contribution in [0, 0.1) is 0 Å². The topological polar surface area (TPSA) is 72.2 Å². The van der Waals surface area contributed by atoms with E-state index in [-0.39, 0.29) is 16.5 Å². The van der Waals surface area contributed by atoms with Gasteiger partial charge >= 0.3 is 5.97 Å². The zero-order valence-corrected chi connectivity index (χ0v) is 15.3. The van der Waals surface area contributed by atoms with Gasteiger partial charge in [-0.05, 0) is 6.42 Å². The summed E-state index contributed by atoms with van der Waals surface area (Å²) in [6.07, 6.45) is 8.93. The van der Waals surface area contributed by atoms with Gasteiger partial charge in [0.25, 0.3) is 5.56 Å². The van der Waals surface area contributed by atoms with Gasteiger partial charge in [-0.3, -0.25) is 9.36 Å². The molecule has 2 heterocycles. The maximum Gasteiger partial charge on any atom is 0.337 e. The lowest BCUT2D eigenvalue weighted by Gasteiger charge is -2.11. The van der Waals surface area contributed by atoms with Crippen molar-refractivity contribution in [2.24, 2.45) is 0 Å². The van der Waals surface area contributed by atoms with Gasteiger partial charge in [0.15, 0.2) is 0 Å². The lowest BCUT2D eigenvalue weighted by atomic mass is 10.1. The molecule has 0 amide bonds. The smallest absolute Gasteiger partial charge is 0.337 e. The van der Waals surface area contributed by atoms with Crippen LogP contribution in [-0.2, 0) is 13.0 Å². The molecule has 0 aliphatic carbocycles. The molecule has 0 saturated heterocycles. The van der Waals surface area contributed by atoms with Gasteiger partial charge in [-0.2, -0.15) is 0 Å². The van der Waals surface area contributed by atoms with Crippen LogP contribution >= 0.6 is 11.3 Å². The van der Waals surface area contributed by atoms with Crippen LogP contribution in [0.15, 0.2) is 10.2 Å². The van der Waals surface area contributed by atoms with Gasteiger partial charge in [-0.1, -0.05) is 52.4 Å². The SMILES string of the molecule is CCCCCCCCCn1c(CC)nc2scc(C(=O)O)c2c1=O. The second-order valence-corrected chi connectivity index (χ2v) is 6.95. The fourth-order valence-electron chi connectivity index (χ4n) is 2.95. The fraction of sp³-hybridized carbons (Fsp3) is 0.611. The maximum atomic E-state index is 12.8. The maximum absolute atomic E-state index is 12.8. The molecule has 132 valence electrons. The standard InChI is InChI=1S/C18H26N2O3S/c1-3-5-6-7-8-9-10-11-20-14(4-2)19-16-15(17(20)21)13(12-24-16)18(22)23/h12H,3-11H2,1-2H3,(H,22,23). The fourth-order valence-corrected chi connectivity index (χ4v) is 3.87. The van der Waals surface area contributed by atoms with E-state index in [1.807, 2.05) is 6.92 Å². The van der Waals surface area contributed by atoms with Crippen molar-refractivity contribution in [3.05, 3.63) is 27.1 Å². The average Bonchev–Trinajstić information content (AvgIpc) is 2.99. The lowest BCUT2D eigenvalue weighted by molar-refractivity contribution is 0.0699. The van der Waals surface area contributed by atoms with Crippen LogP contribution in [0.25, 0.3) is 10.2 Å². The van der Waals surface area contributed by atoms with Crippen molar-refractivity contribution >= 4 is 27.5 Å². The first-order chi connectivity index (χ1) is 11.6. The molecule has 2 aromatic heterocycles. The van der Waals surface area contributed by atoms with E-state index >= 15 is 0 Å². The monoisotopic (exact) mass is 350 g/mol. The molecule has 0 radical (unpaired) electrons. The summed E-state index contributed by atoms with van der Waals surface area (Å²) in [6, 6.07) is 0. The van der Waals surface area contributed by atoms with Gasteiger partial charge in [-0.25, -0.2) is 9.78 Å². The molecule has 6 heteroatoms. The number of aryl methyl sites for hydroxylation is 1. The Morgan fingerprint density at radius 1 is 1.17 bits per heavy atom. The predicted molar refractivity (Wildman–Crippen MR) is 98.2 cm³/mol. The van der Waals surface area contributed by atoms with Gasteiger partial charge in [0.05, 0.1) is 10.9 Å². The normalized spacial score (nSPS) is 11.2. The third kappa shape index (κ3) is 4.23. The molecule has 0 unspecified atom stereocenters. The van der Waals surface area contributed by atoms with Crippen molar-refractivity contribution in [3.8, 4) is 0 Å². The van der Waals surface area contributed by atoms with E-state index in [1.165, 1.54) is 48.8 Å². The van der Waals surface area contributed by atoms with Gasteiger partial charge in [0.2, 0.25) is 0 Å². The summed E-state index contributed by atoms with van der Waals surface area (Å²) < 4.78 is 1.67. The number of unbranched alkanes of at least 4 members (excludes halogenated alkanes) is 6. The highest BCUT2D eigenvalue weighted by molar-refractivity contribution is 7.17. The Kier molecular flexibility index (Phi) is 6.97. The number of fused-ring (bicyclic) bond motifs is 1. The van der Waals surface area contributed by atoms with Gasteiger partial charge in [0.1, 0.15) is 10.7 Å². The minimum absolute atomic E-state index is 0.0727. The largest absolute Gasteiger partial charge is 0.478 e. The number of carbonyl (C=O) groups is 1. The van der Waals surface area contributed by atoms with Crippen molar-refractivity contribution in [2.75, 3.05) is 0 Å². The van der Waals surface area contributed by atoms with Crippen LogP contribution in [0.5, 0.6) is 0 Å². The Morgan fingerprint density at radius 2 is 1.83 bits per heavy atom. The summed E-state index contributed by atoms with van der Waals surface area (Å²) in [6.45, 7) is 4.80. The number of hydrogen-bond acceptors (Lipinski definition) is 4. The molecular weight excluding hydrogens is 324 g/mol. The van der Waals surface area contributed by atoms with Crippen LogP contribution in [0.4, 0.5) is 0 Å². The number of thiophene rings is 1. The number of hydrogen-bond donors (Lipinski definition) is 1. The molecule has 2 aromatic rings. The van der Waals surface area contributed by atoms with Crippen LogP contribution in [0.2, 0.25) is 0 Å². The van der Waals surface area contributed by atoms with Crippen LogP contribution in [-0.4, -0.2) is 20.6 Å². The molecule has 5 nitrogen and oxygen atoms in total. The summed E-state index contributed by atoms with van der Waals surface area (Å²) in [4.78, 5) is 29.1. The van der Waals surface area contributed by atoms with Crippen molar-refractivity contribution in [3.63, 3.8) is 0 Å². The second-order valence-electron chi connectivity index (χ2n) is 6.09. The van der Waals surface area contributed by atoms with Crippen molar-refractivity contribution in [2.45, 2.75) is 71.8 Å². The van der Waals surface area contributed by atoms with Gasteiger partial charge in [0, 0.05) is 18.3 Å². The molecule has 0 spiro atoms. The number of rotatable bonds is 10. The quantitative estimate of drug-likeness (QED) is 0.642. The van der Waals surface area contributed by atoms with Crippen LogP contribution in [0.3, 0.4) is 0 Å². The summed E-state index contributed by atoms with van der Waals surface area (Å²) >= 11 is 1.23. The molecule has 0 atom stereocenters. The lowest BCUT2D eigenvalue weighted by Crippen LogP contribution is -2.25. The highest BCUT2D eigenvalue weighted by Gasteiger charge is 2.18. The average molecular weight is 350 g/mol. The number of aromatic carboxylic acids is 1. The molecule has 1 N–H and O–H groups in total. The Bertz CT molecular complexity index is 749. The highest BCUT2D eigenvalue weighted by atomic mass is 32.1. The van der Waals surface area contributed by atoms with Gasteiger partial charge < -0.3 is 5.11 Å². The third-order valence-electron chi connectivity index (χ3n) is 4.30. The molecule has 0 fully saturated rings. The number of carboxylic acid groups (broad SMARTS) is 1. The predicted octanol–water partition coefficient (Wildman–Crippen LogP) is 4.47. The highest BCUT2D eigenvalue weighted by Crippen LogP contribution is 2.22. The van der Waals surface area contributed by atoms with E-state index in [0.29, 0.717) is 17.8 Å². The Hall–Kier alpha value is -1.69. The molecule has 0 aliphatic heterocycles. The first-order valence-corrected chi connectivity index (χ1v) is 9.72. The zero-order valence-electron chi connectivity index (χ0n) is 14.5. The molecule has 0 saturated carbocycles. The minimum Gasteiger partial charge on any atom is -0.478 e. The number of carboxylic acids is 1. The Labute approximate surface area is 146 Å². The van der Waals surface area contributed by atoms with E-state index in [4.69, 9.17) is 0 Å². The summed E-state index contributed by atoms with van der Waals surface area (Å²) in [7, 11) is 0. The summed E-state index contributed by atoms with van der Waals surface area (Å²) in [5.41, 5.74) is -0.134. The first-order valence-electron chi connectivity index (χ1n) is 8.84. The van der Waals surface area contributed by atoms with E-state index in [0.717, 1.165) is 18.7 Å². The minimum atomic E-state index is -1.06. The Balaban J connectivity index is 2.13. The second kappa shape index (κ2) is 8.97. The molecule has 2 rings (SSSR count).